The number of hydrogen-bond donors (Lipinski definition) is 1. The zero-order chi connectivity index (χ0) is 18.0. The first-order valence-corrected chi connectivity index (χ1v) is 8.31. The van der Waals surface area contributed by atoms with Crippen LogP contribution in [0, 0.1) is 13.8 Å². The lowest BCUT2D eigenvalue weighted by Gasteiger charge is -2.22. The van der Waals surface area contributed by atoms with Gasteiger partial charge in [0, 0.05) is 0 Å². The number of ether oxygens (including phenoxy) is 1. The Balaban J connectivity index is 1.68. The molecule has 1 aliphatic heterocycles. The van der Waals surface area contributed by atoms with Crippen LogP contribution in [0.2, 0.25) is 0 Å². The summed E-state index contributed by atoms with van der Waals surface area (Å²) >= 11 is 0. The number of imide groups is 1. The van der Waals surface area contributed by atoms with E-state index in [9.17, 15) is 9.59 Å². The second kappa shape index (κ2) is 6.59. The molecule has 130 valence electrons. The van der Waals surface area contributed by atoms with E-state index in [0.717, 1.165) is 22.4 Å². The van der Waals surface area contributed by atoms with Crippen molar-refractivity contribution in [2.24, 2.45) is 0 Å². The summed E-state index contributed by atoms with van der Waals surface area (Å²) in [5, 5.41) is 2.81. The van der Waals surface area contributed by atoms with Gasteiger partial charge in [-0.3, -0.25) is 9.69 Å². The highest BCUT2D eigenvalue weighted by Gasteiger charge is 2.48. The van der Waals surface area contributed by atoms with Gasteiger partial charge in [0.1, 0.15) is 17.9 Å². The number of carbonyl (C=O) groups excluding carboxylic acids is 2. The van der Waals surface area contributed by atoms with Crippen molar-refractivity contribution >= 4 is 11.9 Å². The number of urea groups is 1. The number of aryl methyl sites for hydroxylation is 2. The van der Waals surface area contributed by atoms with Crippen molar-refractivity contribution in [3.63, 3.8) is 0 Å². The molecule has 2 aromatic rings. The van der Waals surface area contributed by atoms with Crippen molar-refractivity contribution in [1.82, 2.24) is 10.2 Å². The van der Waals surface area contributed by atoms with Gasteiger partial charge in [-0.1, -0.05) is 42.0 Å². The lowest BCUT2D eigenvalue weighted by atomic mass is 9.91. The van der Waals surface area contributed by atoms with Gasteiger partial charge in [-0.05, 0) is 44.0 Å². The maximum absolute atomic E-state index is 12.8. The van der Waals surface area contributed by atoms with Gasteiger partial charge >= 0.3 is 6.03 Å². The van der Waals surface area contributed by atoms with E-state index in [2.05, 4.69) is 5.32 Å². The zero-order valence-electron chi connectivity index (χ0n) is 14.7. The number of nitrogens with zero attached hydrogens (tertiary/aromatic N) is 1. The van der Waals surface area contributed by atoms with Crippen molar-refractivity contribution in [3.8, 4) is 5.75 Å². The SMILES string of the molecule is Cc1ccc(C2(C)NC(=O)N(CCOc3cccc(C)c3)C2=O)cc1. The molecule has 25 heavy (non-hydrogen) atoms. The molecule has 1 fully saturated rings. The topological polar surface area (TPSA) is 58.6 Å². The minimum absolute atomic E-state index is 0.208. The maximum Gasteiger partial charge on any atom is 0.325 e. The van der Waals surface area contributed by atoms with Crippen LogP contribution in [0.1, 0.15) is 23.6 Å². The maximum atomic E-state index is 12.8. The van der Waals surface area contributed by atoms with E-state index in [1.165, 1.54) is 4.90 Å². The first-order valence-electron chi connectivity index (χ1n) is 8.31. The molecule has 5 heteroatoms. The predicted octanol–water partition coefficient (Wildman–Crippen LogP) is 3.15. The highest BCUT2D eigenvalue weighted by molar-refractivity contribution is 6.07. The Kier molecular flexibility index (Phi) is 4.49. The smallest absolute Gasteiger partial charge is 0.325 e. The van der Waals surface area contributed by atoms with E-state index >= 15 is 0 Å². The van der Waals surface area contributed by atoms with Gasteiger partial charge in [-0.2, -0.15) is 0 Å². The van der Waals surface area contributed by atoms with Crippen LogP contribution in [0.25, 0.3) is 0 Å². The summed E-state index contributed by atoms with van der Waals surface area (Å²) in [7, 11) is 0. The second-order valence-corrected chi connectivity index (χ2v) is 6.54. The van der Waals surface area contributed by atoms with E-state index < -0.39 is 5.54 Å². The Morgan fingerprint density at radius 3 is 2.44 bits per heavy atom. The summed E-state index contributed by atoms with van der Waals surface area (Å²) in [5.74, 6) is 0.475. The molecule has 0 spiro atoms. The molecule has 0 aliphatic carbocycles. The lowest BCUT2D eigenvalue weighted by molar-refractivity contribution is -0.131. The quantitative estimate of drug-likeness (QED) is 0.852. The van der Waals surface area contributed by atoms with E-state index in [-0.39, 0.29) is 25.1 Å². The average Bonchev–Trinajstić information content (AvgIpc) is 2.79. The summed E-state index contributed by atoms with van der Waals surface area (Å²) in [6, 6.07) is 14.9. The first kappa shape index (κ1) is 17.0. The van der Waals surface area contributed by atoms with Crippen LogP contribution in [0.3, 0.4) is 0 Å². The second-order valence-electron chi connectivity index (χ2n) is 6.54. The van der Waals surface area contributed by atoms with E-state index in [4.69, 9.17) is 4.74 Å². The monoisotopic (exact) mass is 338 g/mol. The third-order valence-corrected chi connectivity index (χ3v) is 4.48. The molecule has 1 unspecified atom stereocenters. The number of carbonyl (C=O) groups is 2. The van der Waals surface area contributed by atoms with Gasteiger partial charge in [-0.15, -0.1) is 0 Å². The molecule has 1 atom stereocenters. The molecular formula is C20H22N2O3. The van der Waals surface area contributed by atoms with Crippen molar-refractivity contribution in [1.29, 1.82) is 0 Å². The molecule has 1 heterocycles. The van der Waals surface area contributed by atoms with Crippen molar-refractivity contribution in [2.75, 3.05) is 13.2 Å². The third-order valence-electron chi connectivity index (χ3n) is 4.48. The van der Waals surface area contributed by atoms with Gasteiger partial charge in [0.25, 0.3) is 5.91 Å². The Hall–Kier alpha value is -2.82. The van der Waals surface area contributed by atoms with Gasteiger partial charge in [0.05, 0.1) is 6.54 Å². The van der Waals surface area contributed by atoms with Crippen LogP contribution in [0.5, 0.6) is 5.75 Å². The molecule has 0 saturated carbocycles. The summed E-state index contributed by atoms with van der Waals surface area (Å²) in [5.41, 5.74) is 1.94. The standard InChI is InChI=1S/C20H22N2O3/c1-14-7-9-16(10-8-14)20(3)18(23)22(19(24)21-20)11-12-25-17-6-4-5-15(2)13-17/h4-10,13H,11-12H2,1-3H3,(H,21,24). The molecule has 3 amide bonds. The highest BCUT2D eigenvalue weighted by Crippen LogP contribution is 2.28. The Bertz CT molecular complexity index is 801. The van der Waals surface area contributed by atoms with Crippen LogP contribution in [-0.2, 0) is 10.3 Å². The van der Waals surface area contributed by atoms with Gasteiger partial charge < -0.3 is 10.1 Å². The van der Waals surface area contributed by atoms with Crippen LogP contribution in [0.15, 0.2) is 48.5 Å². The van der Waals surface area contributed by atoms with Crippen LogP contribution in [0.4, 0.5) is 4.79 Å². The fraction of sp³-hybridized carbons (Fsp3) is 0.300. The number of nitrogens with one attached hydrogen (secondary N) is 1. The molecule has 5 nitrogen and oxygen atoms in total. The summed E-state index contributed by atoms with van der Waals surface area (Å²) in [6.45, 7) is 6.17. The summed E-state index contributed by atoms with van der Waals surface area (Å²) in [6.07, 6.45) is 0. The largest absolute Gasteiger partial charge is 0.492 e. The molecule has 1 saturated heterocycles. The number of amides is 3. The van der Waals surface area contributed by atoms with E-state index in [0.29, 0.717) is 0 Å². The number of hydrogen-bond acceptors (Lipinski definition) is 3. The molecular weight excluding hydrogens is 316 g/mol. The van der Waals surface area contributed by atoms with Gasteiger partial charge in [-0.25, -0.2) is 4.79 Å². The predicted molar refractivity (Wildman–Crippen MR) is 95.4 cm³/mol. The normalized spacial score (nSPS) is 19.9. The first-order chi connectivity index (χ1) is 11.9. The van der Waals surface area contributed by atoms with Crippen molar-refractivity contribution in [3.05, 3.63) is 65.2 Å². The zero-order valence-corrected chi connectivity index (χ0v) is 14.7. The van der Waals surface area contributed by atoms with Crippen molar-refractivity contribution < 1.29 is 14.3 Å². The molecule has 0 radical (unpaired) electrons. The highest BCUT2D eigenvalue weighted by atomic mass is 16.5. The Labute approximate surface area is 147 Å². The summed E-state index contributed by atoms with van der Waals surface area (Å²) in [4.78, 5) is 26.3. The van der Waals surface area contributed by atoms with Crippen LogP contribution < -0.4 is 10.1 Å². The molecule has 2 aromatic carbocycles. The van der Waals surface area contributed by atoms with E-state index in [1.807, 2.05) is 62.4 Å². The van der Waals surface area contributed by atoms with Crippen molar-refractivity contribution in [2.45, 2.75) is 26.3 Å². The number of rotatable bonds is 5. The van der Waals surface area contributed by atoms with E-state index in [1.54, 1.807) is 6.92 Å². The lowest BCUT2D eigenvalue weighted by Crippen LogP contribution is -2.41. The fourth-order valence-electron chi connectivity index (χ4n) is 2.94. The minimum Gasteiger partial charge on any atom is -0.492 e. The molecule has 3 rings (SSSR count). The number of benzene rings is 2. The molecule has 0 bridgehead atoms. The fourth-order valence-corrected chi connectivity index (χ4v) is 2.94. The molecule has 1 aliphatic rings. The van der Waals surface area contributed by atoms with Gasteiger partial charge in [0.15, 0.2) is 0 Å². The third kappa shape index (κ3) is 3.36. The van der Waals surface area contributed by atoms with Crippen LogP contribution in [-0.4, -0.2) is 30.0 Å². The Morgan fingerprint density at radius 2 is 1.76 bits per heavy atom. The van der Waals surface area contributed by atoms with Gasteiger partial charge in [0.2, 0.25) is 0 Å². The minimum atomic E-state index is -1.03. The Morgan fingerprint density at radius 1 is 1.04 bits per heavy atom. The van der Waals surface area contributed by atoms with Crippen LogP contribution >= 0.6 is 0 Å². The summed E-state index contributed by atoms with van der Waals surface area (Å²) < 4.78 is 5.66. The molecule has 0 aromatic heterocycles. The molecule has 1 N–H and O–H groups in total. The average molecular weight is 338 g/mol.